The van der Waals surface area contributed by atoms with E-state index >= 15 is 0 Å². The highest BCUT2D eigenvalue weighted by molar-refractivity contribution is 7.91. The van der Waals surface area contributed by atoms with Crippen molar-refractivity contribution < 1.29 is 13.2 Å². The maximum Gasteiger partial charge on any atom is 0.234 e. The largest absolute Gasteiger partial charge is 0.350 e. The molecular formula is C13H22ClN3O3S. The lowest BCUT2D eigenvalue weighted by Gasteiger charge is -2.24. The number of alkyl halides is 1. The highest BCUT2D eigenvalue weighted by atomic mass is 35.5. The number of hydrogen-bond donors (Lipinski definition) is 2. The summed E-state index contributed by atoms with van der Waals surface area (Å²) < 4.78 is 23.0. The summed E-state index contributed by atoms with van der Waals surface area (Å²) in [7, 11) is -3.11. The summed E-state index contributed by atoms with van der Waals surface area (Å²) >= 11 is 6.01. The van der Waals surface area contributed by atoms with E-state index in [1.165, 1.54) is 0 Å². The molecule has 3 heterocycles. The van der Waals surface area contributed by atoms with Gasteiger partial charge in [-0.2, -0.15) is 0 Å². The molecule has 3 aliphatic heterocycles. The number of amides is 1. The Kier molecular flexibility index (Phi) is 4.20. The molecule has 21 heavy (non-hydrogen) atoms. The minimum absolute atomic E-state index is 0.0440. The second-order valence-corrected chi connectivity index (χ2v) is 9.23. The quantitative estimate of drug-likeness (QED) is 0.650. The predicted molar refractivity (Wildman–Crippen MR) is 81.1 cm³/mol. The molecule has 3 rings (SSSR count). The number of fused-ring (bicyclic) bond motifs is 1. The van der Waals surface area contributed by atoms with Gasteiger partial charge in [-0.15, -0.1) is 11.6 Å². The Bertz CT molecular complexity index is 527. The maximum absolute atomic E-state index is 12.2. The second-order valence-electron chi connectivity index (χ2n) is 6.52. The molecule has 0 aromatic carbocycles. The Labute approximate surface area is 130 Å². The van der Waals surface area contributed by atoms with Gasteiger partial charge >= 0.3 is 0 Å². The smallest absolute Gasteiger partial charge is 0.234 e. The van der Waals surface area contributed by atoms with Crippen LogP contribution in [0, 0.1) is 11.8 Å². The zero-order chi connectivity index (χ0) is 15.2. The minimum Gasteiger partial charge on any atom is -0.350 e. The van der Waals surface area contributed by atoms with Gasteiger partial charge in [0.25, 0.3) is 0 Å². The van der Waals surface area contributed by atoms with Crippen LogP contribution < -0.4 is 10.6 Å². The van der Waals surface area contributed by atoms with Crippen LogP contribution in [0.4, 0.5) is 0 Å². The molecule has 3 saturated heterocycles. The zero-order valence-corrected chi connectivity index (χ0v) is 13.7. The summed E-state index contributed by atoms with van der Waals surface area (Å²) in [5.41, 5.74) is 0. The molecule has 2 N–H and O–H groups in total. The molecule has 0 spiro atoms. The lowest BCUT2D eigenvalue weighted by molar-refractivity contribution is -0.123. The number of carbonyl (C=O) groups is 1. The van der Waals surface area contributed by atoms with Crippen LogP contribution in [0.3, 0.4) is 0 Å². The van der Waals surface area contributed by atoms with Crippen molar-refractivity contribution in [2.24, 2.45) is 11.8 Å². The fourth-order valence-corrected chi connectivity index (χ4v) is 6.39. The third-order valence-electron chi connectivity index (χ3n) is 5.03. The molecule has 0 aliphatic carbocycles. The number of carbonyl (C=O) groups excluding carboxylic acids is 1. The van der Waals surface area contributed by atoms with Crippen LogP contribution in [0.2, 0.25) is 0 Å². The van der Waals surface area contributed by atoms with E-state index in [0.29, 0.717) is 24.4 Å². The average molecular weight is 336 g/mol. The summed E-state index contributed by atoms with van der Waals surface area (Å²) in [4.78, 5) is 14.3. The van der Waals surface area contributed by atoms with E-state index in [9.17, 15) is 13.2 Å². The van der Waals surface area contributed by atoms with E-state index in [1.54, 1.807) is 0 Å². The summed E-state index contributed by atoms with van der Waals surface area (Å²) in [6.07, 6.45) is 0. The van der Waals surface area contributed by atoms with Crippen molar-refractivity contribution >= 4 is 27.3 Å². The third-order valence-corrected chi connectivity index (χ3v) is 7.41. The zero-order valence-electron chi connectivity index (χ0n) is 12.1. The first-order valence-corrected chi connectivity index (χ1v) is 9.70. The van der Waals surface area contributed by atoms with E-state index < -0.39 is 21.3 Å². The van der Waals surface area contributed by atoms with Gasteiger partial charge in [0.2, 0.25) is 5.91 Å². The van der Waals surface area contributed by atoms with Crippen molar-refractivity contribution in [2.75, 3.05) is 37.7 Å². The Morgan fingerprint density at radius 2 is 2.14 bits per heavy atom. The van der Waals surface area contributed by atoms with Gasteiger partial charge in [0, 0.05) is 12.6 Å². The van der Waals surface area contributed by atoms with Crippen LogP contribution in [0.25, 0.3) is 0 Å². The number of hydrogen-bond acceptors (Lipinski definition) is 5. The van der Waals surface area contributed by atoms with Crippen LogP contribution in [-0.2, 0) is 14.6 Å². The number of nitrogens with zero attached hydrogens (tertiary/aromatic N) is 1. The highest BCUT2D eigenvalue weighted by Gasteiger charge is 2.43. The van der Waals surface area contributed by atoms with Gasteiger partial charge in [0.05, 0.1) is 29.5 Å². The molecule has 0 bridgehead atoms. The molecule has 120 valence electrons. The third kappa shape index (κ3) is 3.21. The monoisotopic (exact) mass is 335 g/mol. The fraction of sp³-hybridized carbons (Fsp3) is 0.923. The highest BCUT2D eigenvalue weighted by Crippen LogP contribution is 2.31. The van der Waals surface area contributed by atoms with Crippen molar-refractivity contribution in [3.05, 3.63) is 0 Å². The van der Waals surface area contributed by atoms with Crippen LogP contribution in [-0.4, -0.2) is 74.4 Å². The van der Waals surface area contributed by atoms with Gasteiger partial charge in [-0.05, 0) is 31.8 Å². The van der Waals surface area contributed by atoms with E-state index in [1.807, 2.05) is 0 Å². The standard InChI is InChI=1S/C13H22ClN3O3S/c1-8-10-3-15-2-9(10)4-17(8)5-13(18)16-12-7-21(19,20)6-11(12)14/h8-12,15H,2-7H2,1H3,(H,16,18). The Morgan fingerprint density at radius 1 is 1.38 bits per heavy atom. The number of likely N-dealkylation sites (tertiary alicyclic amines) is 1. The van der Waals surface area contributed by atoms with E-state index in [4.69, 9.17) is 11.6 Å². The molecule has 3 aliphatic rings. The first-order valence-electron chi connectivity index (χ1n) is 7.44. The maximum atomic E-state index is 12.2. The molecule has 0 saturated carbocycles. The Balaban J connectivity index is 1.53. The van der Waals surface area contributed by atoms with Crippen molar-refractivity contribution in [3.63, 3.8) is 0 Å². The van der Waals surface area contributed by atoms with Gasteiger partial charge in [0.15, 0.2) is 9.84 Å². The normalized spacial score (nSPS) is 42.1. The SMILES string of the molecule is CC1C2CNCC2CN1CC(=O)NC1CS(=O)(=O)CC1Cl. The molecule has 3 fully saturated rings. The number of sulfone groups is 1. The lowest BCUT2D eigenvalue weighted by Crippen LogP contribution is -2.47. The van der Waals surface area contributed by atoms with Crippen molar-refractivity contribution in [3.8, 4) is 0 Å². The van der Waals surface area contributed by atoms with E-state index in [2.05, 4.69) is 22.5 Å². The Hall–Kier alpha value is -0.370. The predicted octanol–water partition coefficient (Wildman–Crippen LogP) is -0.953. The summed E-state index contributed by atoms with van der Waals surface area (Å²) in [6.45, 7) is 5.47. The lowest BCUT2D eigenvalue weighted by atomic mass is 9.95. The summed E-state index contributed by atoms with van der Waals surface area (Å²) in [5.74, 6) is 1.03. The van der Waals surface area contributed by atoms with Crippen LogP contribution >= 0.6 is 11.6 Å². The minimum atomic E-state index is -3.11. The van der Waals surface area contributed by atoms with Gasteiger partial charge in [-0.25, -0.2) is 8.42 Å². The average Bonchev–Trinajstić information content (AvgIpc) is 2.99. The fourth-order valence-electron chi connectivity index (χ4n) is 3.84. The first-order chi connectivity index (χ1) is 9.85. The molecule has 0 aromatic rings. The topological polar surface area (TPSA) is 78.5 Å². The summed E-state index contributed by atoms with van der Waals surface area (Å²) in [5, 5.41) is 5.67. The molecule has 8 heteroatoms. The Morgan fingerprint density at radius 3 is 2.76 bits per heavy atom. The number of rotatable bonds is 3. The van der Waals surface area contributed by atoms with Crippen molar-refractivity contribution in [1.82, 2.24) is 15.5 Å². The second kappa shape index (κ2) is 5.68. The molecular weight excluding hydrogens is 314 g/mol. The number of halogens is 1. The van der Waals surface area contributed by atoms with Crippen molar-refractivity contribution in [2.45, 2.75) is 24.4 Å². The molecule has 1 amide bonds. The number of nitrogens with one attached hydrogen (secondary N) is 2. The molecule has 0 radical (unpaired) electrons. The van der Waals surface area contributed by atoms with E-state index in [-0.39, 0.29) is 17.4 Å². The molecule has 6 nitrogen and oxygen atoms in total. The van der Waals surface area contributed by atoms with Gasteiger partial charge in [-0.3, -0.25) is 9.69 Å². The van der Waals surface area contributed by atoms with Crippen LogP contribution in [0.1, 0.15) is 6.92 Å². The summed E-state index contributed by atoms with van der Waals surface area (Å²) in [6, 6.07) is -0.0712. The molecule has 5 atom stereocenters. The van der Waals surface area contributed by atoms with Gasteiger partial charge < -0.3 is 10.6 Å². The van der Waals surface area contributed by atoms with Crippen LogP contribution in [0.15, 0.2) is 0 Å². The van der Waals surface area contributed by atoms with Gasteiger partial charge in [0.1, 0.15) is 0 Å². The molecule has 5 unspecified atom stereocenters. The first kappa shape index (κ1) is 15.5. The van der Waals surface area contributed by atoms with E-state index in [0.717, 1.165) is 19.6 Å². The van der Waals surface area contributed by atoms with Crippen molar-refractivity contribution in [1.29, 1.82) is 0 Å². The molecule has 0 aromatic heterocycles. The van der Waals surface area contributed by atoms with Crippen LogP contribution in [0.5, 0.6) is 0 Å². The van der Waals surface area contributed by atoms with Gasteiger partial charge in [-0.1, -0.05) is 0 Å².